The summed E-state index contributed by atoms with van der Waals surface area (Å²) in [4.78, 5) is 19.4. The van der Waals surface area contributed by atoms with Crippen molar-refractivity contribution in [2.45, 2.75) is 13.5 Å². The maximum Gasteiger partial charge on any atom is 0.276 e. The summed E-state index contributed by atoms with van der Waals surface area (Å²) in [6.45, 7) is 2.14. The van der Waals surface area contributed by atoms with E-state index in [9.17, 15) is 13.6 Å². The van der Waals surface area contributed by atoms with Gasteiger partial charge in [0.15, 0.2) is 5.82 Å². The summed E-state index contributed by atoms with van der Waals surface area (Å²) in [5, 5.41) is 0. The van der Waals surface area contributed by atoms with Crippen LogP contribution >= 0.6 is 0 Å². The molecule has 28 heavy (non-hydrogen) atoms. The second-order valence-electron chi connectivity index (χ2n) is 6.81. The number of rotatable bonds is 5. The molecule has 0 unspecified atom stereocenters. The van der Waals surface area contributed by atoms with E-state index in [2.05, 4.69) is 4.98 Å². The first kappa shape index (κ1) is 19.8. The summed E-state index contributed by atoms with van der Waals surface area (Å²) in [6, 6.07) is 7.52. The van der Waals surface area contributed by atoms with Gasteiger partial charge < -0.3 is 9.64 Å². The third-order valence-corrected chi connectivity index (χ3v) is 4.47. The number of aromatic nitrogens is 3. The molecule has 6 nitrogen and oxygen atoms in total. The zero-order valence-corrected chi connectivity index (χ0v) is 16.5. The van der Waals surface area contributed by atoms with Crippen LogP contribution in [0.2, 0.25) is 0 Å². The number of halogens is 2. The van der Waals surface area contributed by atoms with Gasteiger partial charge >= 0.3 is 0 Å². The number of pyridine rings is 1. The molecule has 1 aromatic carbocycles. The highest BCUT2D eigenvalue weighted by Gasteiger charge is 2.24. The van der Waals surface area contributed by atoms with Crippen molar-refractivity contribution in [3.8, 4) is 22.8 Å². The molecule has 0 atom stereocenters. The van der Waals surface area contributed by atoms with Crippen LogP contribution in [-0.4, -0.2) is 40.5 Å². The second kappa shape index (κ2) is 7.55. The second-order valence-corrected chi connectivity index (χ2v) is 6.81. The SMILES string of the molecule is COc1cc(F)c(-c2c(C)c(=O)n(-c3cccc(CN(C)C)n3)n2C)c(F)c1. The molecular weight excluding hydrogens is 366 g/mol. The molecule has 0 aliphatic rings. The Labute approximate surface area is 161 Å². The molecule has 0 amide bonds. The van der Waals surface area contributed by atoms with E-state index >= 15 is 0 Å². The Bertz CT molecular complexity index is 1060. The van der Waals surface area contributed by atoms with Crippen molar-refractivity contribution < 1.29 is 13.5 Å². The van der Waals surface area contributed by atoms with E-state index in [0.717, 1.165) is 17.8 Å². The lowest BCUT2D eigenvalue weighted by atomic mass is 10.1. The molecule has 2 heterocycles. The Kier molecular flexibility index (Phi) is 5.33. The molecule has 8 heteroatoms. The van der Waals surface area contributed by atoms with Gasteiger partial charge in [-0.05, 0) is 33.2 Å². The Morgan fingerprint density at radius 1 is 1.18 bits per heavy atom. The first-order valence-electron chi connectivity index (χ1n) is 8.67. The smallest absolute Gasteiger partial charge is 0.276 e. The molecule has 0 saturated heterocycles. The maximum atomic E-state index is 14.6. The molecule has 2 aromatic heterocycles. The molecule has 148 valence electrons. The summed E-state index contributed by atoms with van der Waals surface area (Å²) < 4.78 is 36.9. The minimum absolute atomic E-state index is 0.0684. The average Bonchev–Trinajstić information content (AvgIpc) is 2.84. The average molecular weight is 388 g/mol. The van der Waals surface area contributed by atoms with Crippen molar-refractivity contribution in [1.82, 2.24) is 19.2 Å². The van der Waals surface area contributed by atoms with E-state index in [1.807, 2.05) is 25.1 Å². The van der Waals surface area contributed by atoms with Crippen molar-refractivity contribution in [3.05, 3.63) is 63.6 Å². The molecule has 0 fully saturated rings. The maximum absolute atomic E-state index is 14.6. The highest BCUT2D eigenvalue weighted by atomic mass is 19.1. The van der Waals surface area contributed by atoms with Gasteiger partial charge in [0.1, 0.15) is 17.4 Å². The third kappa shape index (κ3) is 3.43. The fourth-order valence-electron chi connectivity index (χ4n) is 3.24. The van der Waals surface area contributed by atoms with Crippen molar-refractivity contribution in [2.24, 2.45) is 7.05 Å². The first-order valence-corrected chi connectivity index (χ1v) is 8.67. The van der Waals surface area contributed by atoms with Gasteiger partial charge in [0.2, 0.25) is 0 Å². The molecule has 3 aromatic rings. The quantitative estimate of drug-likeness (QED) is 0.675. The van der Waals surface area contributed by atoms with E-state index < -0.39 is 11.6 Å². The van der Waals surface area contributed by atoms with E-state index in [-0.39, 0.29) is 28.1 Å². The summed E-state index contributed by atoms with van der Waals surface area (Å²) in [6.07, 6.45) is 0. The van der Waals surface area contributed by atoms with Crippen LogP contribution < -0.4 is 10.3 Å². The van der Waals surface area contributed by atoms with Crippen LogP contribution in [0.3, 0.4) is 0 Å². The number of ether oxygens (including phenoxy) is 1. The van der Waals surface area contributed by atoms with Gasteiger partial charge in [0.05, 0.1) is 24.1 Å². The van der Waals surface area contributed by atoms with Crippen LogP contribution in [0.1, 0.15) is 11.3 Å². The fraction of sp³-hybridized carbons (Fsp3) is 0.300. The fourth-order valence-corrected chi connectivity index (χ4v) is 3.24. The molecule has 0 aliphatic carbocycles. The number of hydrogen-bond donors (Lipinski definition) is 0. The van der Waals surface area contributed by atoms with Crippen molar-refractivity contribution >= 4 is 0 Å². The van der Waals surface area contributed by atoms with Gasteiger partial charge in [-0.15, -0.1) is 0 Å². The largest absolute Gasteiger partial charge is 0.497 e. The Morgan fingerprint density at radius 3 is 2.39 bits per heavy atom. The minimum Gasteiger partial charge on any atom is -0.497 e. The molecule has 0 spiro atoms. The zero-order valence-electron chi connectivity index (χ0n) is 16.5. The summed E-state index contributed by atoms with van der Waals surface area (Å²) in [7, 11) is 6.74. The van der Waals surface area contributed by atoms with Gasteiger partial charge in [0, 0.05) is 31.3 Å². The van der Waals surface area contributed by atoms with Crippen LogP contribution in [0.4, 0.5) is 8.78 Å². The van der Waals surface area contributed by atoms with Crippen molar-refractivity contribution in [3.63, 3.8) is 0 Å². The number of benzene rings is 1. The van der Waals surface area contributed by atoms with Crippen LogP contribution in [0.5, 0.6) is 5.75 Å². The summed E-state index contributed by atoms with van der Waals surface area (Å²) in [5.41, 5.74) is 0.493. The lowest BCUT2D eigenvalue weighted by molar-refractivity contribution is 0.396. The summed E-state index contributed by atoms with van der Waals surface area (Å²) >= 11 is 0. The van der Waals surface area contributed by atoms with Gasteiger partial charge in [-0.1, -0.05) is 6.07 Å². The molecule has 0 bridgehead atoms. The lowest BCUT2D eigenvalue weighted by Crippen LogP contribution is -2.22. The standard InChI is InChI=1S/C20H22F2N4O2/c1-12-19(18-15(21)9-14(28-5)10-16(18)22)25(4)26(20(12)27)17-8-6-7-13(23-17)11-24(2)3/h6-10H,11H2,1-5H3. The number of hydrogen-bond acceptors (Lipinski definition) is 4. The van der Waals surface area contributed by atoms with E-state index in [0.29, 0.717) is 12.4 Å². The van der Waals surface area contributed by atoms with Gasteiger partial charge in [-0.3, -0.25) is 9.48 Å². The van der Waals surface area contributed by atoms with Crippen LogP contribution in [0.15, 0.2) is 35.1 Å². The predicted molar refractivity (Wildman–Crippen MR) is 103 cm³/mol. The topological polar surface area (TPSA) is 52.3 Å². The molecular formula is C20H22F2N4O2. The highest BCUT2D eigenvalue weighted by molar-refractivity contribution is 5.66. The van der Waals surface area contributed by atoms with Crippen molar-refractivity contribution in [1.29, 1.82) is 0 Å². The van der Waals surface area contributed by atoms with E-state index in [1.54, 1.807) is 26.1 Å². The monoisotopic (exact) mass is 388 g/mol. The van der Waals surface area contributed by atoms with Crippen LogP contribution in [0.25, 0.3) is 17.1 Å². The first-order chi connectivity index (χ1) is 13.2. The molecule has 0 radical (unpaired) electrons. The number of nitrogens with zero attached hydrogens (tertiary/aromatic N) is 4. The molecule has 0 N–H and O–H groups in total. The van der Waals surface area contributed by atoms with E-state index in [1.165, 1.54) is 16.5 Å². The summed E-state index contributed by atoms with van der Waals surface area (Å²) in [5.74, 6) is -1.15. The van der Waals surface area contributed by atoms with Crippen molar-refractivity contribution in [2.75, 3.05) is 21.2 Å². The minimum atomic E-state index is -0.804. The number of methoxy groups -OCH3 is 1. The highest BCUT2D eigenvalue weighted by Crippen LogP contribution is 2.31. The Morgan fingerprint density at radius 2 is 1.82 bits per heavy atom. The third-order valence-electron chi connectivity index (χ3n) is 4.47. The Balaban J connectivity index is 2.21. The molecule has 3 rings (SSSR count). The zero-order chi connectivity index (χ0) is 20.6. The Hall–Kier alpha value is -3.00. The van der Waals surface area contributed by atoms with Gasteiger partial charge in [0.25, 0.3) is 5.56 Å². The van der Waals surface area contributed by atoms with E-state index in [4.69, 9.17) is 4.74 Å². The normalized spacial score (nSPS) is 11.3. The molecule has 0 saturated carbocycles. The van der Waals surface area contributed by atoms with Gasteiger partial charge in [-0.25, -0.2) is 13.8 Å². The molecule has 0 aliphatic heterocycles. The van der Waals surface area contributed by atoms with Crippen LogP contribution in [0, 0.1) is 18.6 Å². The predicted octanol–water partition coefficient (Wildman–Crippen LogP) is 2.89. The van der Waals surface area contributed by atoms with Gasteiger partial charge in [-0.2, -0.15) is 4.68 Å². The van der Waals surface area contributed by atoms with Crippen LogP contribution in [-0.2, 0) is 13.6 Å². The lowest BCUT2D eigenvalue weighted by Gasteiger charge is -2.13.